The normalized spacial score (nSPS) is 22.9. The summed E-state index contributed by atoms with van der Waals surface area (Å²) in [5, 5.41) is 6.53. The molecule has 2 aliphatic heterocycles. The van der Waals surface area contributed by atoms with E-state index in [0.29, 0.717) is 0 Å². The quantitative estimate of drug-likeness (QED) is 0.554. The second-order valence-corrected chi connectivity index (χ2v) is 2.71. The third kappa shape index (κ3) is 2.46. The van der Waals surface area contributed by atoms with Crippen LogP contribution in [0.1, 0.15) is 27.7 Å². The summed E-state index contributed by atoms with van der Waals surface area (Å²) in [6.07, 6.45) is 0. The van der Waals surface area contributed by atoms with Crippen LogP contribution in [-0.4, -0.2) is 26.2 Å². The van der Waals surface area contributed by atoms with Gasteiger partial charge in [-0.2, -0.15) is 0 Å². The minimum Gasteiger partial charge on any atom is -0.315 e. The van der Waals surface area contributed by atoms with Crippen molar-refractivity contribution in [1.82, 2.24) is 10.6 Å². The van der Waals surface area contributed by atoms with Gasteiger partial charge in [0.2, 0.25) is 0 Å². The summed E-state index contributed by atoms with van der Waals surface area (Å²) in [4.78, 5) is 0. The van der Waals surface area contributed by atoms with Gasteiger partial charge in [0.25, 0.3) is 0 Å². The van der Waals surface area contributed by atoms with Gasteiger partial charge in [0.1, 0.15) is 0 Å². The first-order chi connectivity index (χ1) is 5.41. The van der Waals surface area contributed by atoms with E-state index in [4.69, 9.17) is 0 Å². The van der Waals surface area contributed by atoms with Crippen molar-refractivity contribution in [2.45, 2.75) is 27.7 Å². The third-order valence-electron chi connectivity index (χ3n) is 2.00. The number of hydrogen-bond acceptors (Lipinski definition) is 2. The molecule has 2 N–H and O–H groups in total. The minimum absolute atomic E-state index is 0.722. The molecule has 0 unspecified atom stereocenters. The van der Waals surface area contributed by atoms with Crippen molar-refractivity contribution in [3.8, 4) is 0 Å². The van der Waals surface area contributed by atoms with Gasteiger partial charge in [-0.15, -0.1) is 0 Å². The van der Waals surface area contributed by atoms with Gasteiger partial charge in [-0.05, 0) is 0 Å². The maximum atomic E-state index is 3.26. The van der Waals surface area contributed by atoms with E-state index < -0.39 is 0 Å². The lowest BCUT2D eigenvalue weighted by Crippen LogP contribution is -2.69. The van der Waals surface area contributed by atoms with E-state index in [1.165, 1.54) is 26.2 Å². The van der Waals surface area contributed by atoms with Crippen molar-refractivity contribution in [1.29, 1.82) is 0 Å². The molecule has 1 spiro atoms. The molecule has 68 valence electrons. The van der Waals surface area contributed by atoms with Crippen molar-refractivity contribution < 1.29 is 0 Å². The van der Waals surface area contributed by atoms with Crippen molar-refractivity contribution in [2.24, 2.45) is 5.41 Å². The van der Waals surface area contributed by atoms with E-state index in [9.17, 15) is 0 Å². The molecule has 0 radical (unpaired) electrons. The van der Waals surface area contributed by atoms with Crippen LogP contribution in [0.2, 0.25) is 0 Å². The molecule has 0 aromatic heterocycles. The summed E-state index contributed by atoms with van der Waals surface area (Å²) >= 11 is 0. The lowest BCUT2D eigenvalue weighted by molar-refractivity contribution is 0.0895. The second-order valence-electron chi connectivity index (χ2n) is 2.71. The van der Waals surface area contributed by atoms with E-state index in [1.807, 2.05) is 27.7 Å². The second kappa shape index (κ2) is 5.56. The Morgan fingerprint density at radius 3 is 1.00 bits per heavy atom. The molecule has 0 bridgehead atoms. The maximum Gasteiger partial charge on any atom is 0.0202 e. The molecule has 2 heterocycles. The summed E-state index contributed by atoms with van der Waals surface area (Å²) in [6, 6.07) is 0. The number of nitrogens with one attached hydrogen (secondary N) is 2. The molecule has 0 aromatic rings. The van der Waals surface area contributed by atoms with Crippen LogP contribution in [-0.2, 0) is 0 Å². The van der Waals surface area contributed by atoms with Crippen LogP contribution in [0.25, 0.3) is 0 Å². The molecule has 11 heavy (non-hydrogen) atoms. The molecular formula is C9H22N2. The van der Waals surface area contributed by atoms with Crippen molar-refractivity contribution in [3.63, 3.8) is 0 Å². The van der Waals surface area contributed by atoms with Crippen molar-refractivity contribution in [2.75, 3.05) is 26.2 Å². The van der Waals surface area contributed by atoms with Crippen molar-refractivity contribution >= 4 is 0 Å². The Morgan fingerprint density at radius 1 is 0.727 bits per heavy atom. The molecule has 2 saturated heterocycles. The Kier molecular flexibility index (Phi) is 5.51. The van der Waals surface area contributed by atoms with Gasteiger partial charge >= 0.3 is 0 Å². The Labute approximate surface area is 70.8 Å². The topological polar surface area (TPSA) is 24.1 Å². The predicted octanol–water partition coefficient (Wildman–Crippen LogP) is 1.23. The fourth-order valence-electron chi connectivity index (χ4n) is 1.21. The number of rotatable bonds is 0. The molecule has 2 rings (SSSR count). The molecule has 0 atom stereocenters. The first-order valence-corrected chi connectivity index (χ1v) is 4.83. The summed E-state index contributed by atoms with van der Waals surface area (Å²) in [7, 11) is 0. The van der Waals surface area contributed by atoms with Crippen LogP contribution in [0.15, 0.2) is 0 Å². The highest BCUT2D eigenvalue weighted by Gasteiger charge is 2.41. The first-order valence-electron chi connectivity index (χ1n) is 4.83. The van der Waals surface area contributed by atoms with Crippen LogP contribution in [0, 0.1) is 5.41 Å². The van der Waals surface area contributed by atoms with Crippen LogP contribution >= 0.6 is 0 Å². The van der Waals surface area contributed by atoms with Crippen LogP contribution in [0.3, 0.4) is 0 Å². The minimum atomic E-state index is 0.722. The van der Waals surface area contributed by atoms with E-state index in [-0.39, 0.29) is 0 Å². The third-order valence-corrected chi connectivity index (χ3v) is 2.00. The fraction of sp³-hybridized carbons (Fsp3) is 1.00. The average molecular weight is 158 g/mol. The lowest BCUT2D eigenvalue weighted by Gasteiger charge is -2.50. The highest BCUT2D eigenvalue weighted by atomic mass is 15.1. The zero-order valence-corrected chi connectivity index (χ0v) is 8.33. The molecule has 2 heteroatoms. The fourth-order valence-corrected chi connectivity index (χ4v) is 1.21. The molecule has 0 amide bonds. The molecular weight excluding hydrogens is 136 g/mol. The van der Waals surface area contributed by atoms with Crippen LogP contribution in [0.5, 0.6) is 0 Å². The monoisotopic (exact) mass is 158 g/mol. The van der Waals surface area contributed by atoms with Gasteiger partial charge in [0.05, 0.1) is 0 Å². The van der Waals surface area contributed by atoms with E-state index in [1.54, 1.807) is 0 Å². The molecule has 0 saturated carbocycles. The largest absolute Gasteiger partial charge is 0.315 e. The van der Waals surface area contributed by atoms with Gasteiger partial charge in [-0.3, -0.25) is 0 Å². The highest BCUT2D eigenvalue weighted by Crippen LogP contribution is 2.25. The Balaban J connectivity index is 0.000000222. The summed E-state index contributed by atoms with van der Waals surface area (Å²) in [5.41, 5.74) is 0.722. The molecule has 0 aliphatic carbocycles. The van der Waals surface area contributed by atoms with Crippen LogP contribution in [0.4, 0.5) is 0 Å². The van der Waals surface area contributed by atoms with Gasteiger partial charge in [0.15, 0.2) is 0 Å². The average Bonchev–Trinajstić information content (AvgIpc) is 1.90. The molecule has 0 aromatic carbocycles. The zero-order chi connectivity index (χ0) is 8.74. The van der Waals surface area contributed by atoms with Crippen LogP contribution < -0.4 is 10.6 Å². The summed E-state index contributed by atoms with van der Waals surface area (Å²) < 4.78 is 0. The smallest absolute Gasteiger partial charge is 0.0202 e. The van der Waals surface area contributed by atoms with Gasteiger partial charge in [0, 0.05) is 31.6 Å². The summed E-state index contributed by atoms with van der Waals surface area (Å²) in [6.45, 7) is 13.0. The SMILES string of the molecule is C1NCC12CNC2.CC.CC. The Hall–Kier alpha value is -0.0800. The van der Waals surface area contributed by atoms with E-state index >= 15 is 0 Å². The zero-order valence-electron chi connectivity index (χ0n) is 8.33. The van der Waals surface area contributed by atoms with Crippen molar-refractivity contribution in [3.05, 3.63) is 0 Å². The van der Waals surface area contributed by atoms with E-state index in [2.05, 4.69) is 10.6 Å². The molecule has 2 fully saturated rings. The highest BCUT2D eigenvalue weighted by molar-refractivity contribution is 5.01. The standard InChI is InChI=1S/C5H10N2.2C2H6/c1-5(2-6-1)3-7-4-5;2*1-2/h6-7H,1-4H2;2*1-2H3. The summed E-state index contributed by atoms with van der Waals surface area (Å²) in [5.74, 6) is 0. The maximum absolute atomic E-state index is 3.26. The van der Waals surface area contributed by atoms with Gasteiger partial charge in [-0.1, -0.05) is 27.7 Å². The molecule has 2 aliphatic rings. The lowest BCUT2D eigenvalue weighted by atomic mass is 9.76. The van der Waals surface area contributed by atoms with E-state index in [0.717, 1.165) is 5.41 Å². The van der Waals surface area contributed by atoms with Gasteiger partial charge in [-0.25, -0.2) is 0 Å². The first kappa shape index (κ1) is 10.9. The van der Waals surface area contributed by atoms with Gasteiger partial charge < -0.3 is 10.6 Å². The molecule has 2 nitrogen and oxygen atoms in total. The Morgan fingerprint density at radius 2 is 1.00 bits per heavy atom. The number of hydrogen-bond donors (Lipinski definition) is 2. The Bertz CT molecular complexity index is 68.1. The predicted molar refractivity (Wildman–Crippen MR) is 50.9 cm³/mol.